The van der Waals surface area contributed by atoms with Crippen LogP contribution >= 0.6 is 0 Å². The van der Waals surface area contributed by atoms with Crippen molar-refractivity contribution in [2.75, 3.05) is 14.2 Å². The lowest BCUT2D eigenvalue weighted by molar-refractivity contribution is -0.140. The van der Waals surface area contributed by atoms with Crippen molar-refractivity contribution in [2.24, 2.45) is 0 Å². The van der Waals surface area contributed by atoms with E-state index in [-0.39, 0.29) is 0 Å². The Balaban J connectivity index is 3.01. The highest BCUT2D eigenvalue weighted by atomic mass is 16.5. The van der Waals surface area contributed by atoms with Gasteiger partial charge in [-0.1, -0.05) is 12.1 Å². The third-order valence-corrected chi connectivity index (χ3v) is 2.47. The van der Waals surface area contributed by atoms with Gasteiger partial charge in [0.05, 0.1) is 14.2 Å². The fourth-order valence-electron chi connectivity index (χ4n) is 1.72. The molecule has 17 heavy (non-hydrogen) atoms. The van der Waals surface area contributed by atoms with E-state index in [9.17, 15) is 4.79 Å². The Bertz CT molecular complexity index is 385. The third kappa shape index (κ3) is 3.37. The number of carbonyl (C=O) groups is 1. The van der Waals surface area contributed by atoms with Crippen LogP contribution < -0.4 is 9.47 Å². The maximum absolute atomic E-state index is 10.4. The molecule has 0 radical (unpaired) electrons. The molecular weight excluding hydrogens is 220 g/mol. The lowest BCUT2D eigenvalue weighted by Crippen LogP contribution is -2.27. The molecule has 0 spiro atoms. The summed E-state index contributed by atoms with van der Waals surface area (Å²) in [7, 11) is 3.18. The van der Waals surface area contributed by atoms with E-state index < -0.39 is 5.60 Å². The summed E-state index contributed by atoms with van der Waals surface area (Å²) in [5, 5.41) is 0. The van der Waals surface area contributed by atoms with E-state index in [1.54, 1.807) is 14.2 Å². The predicted molar refractivity (Wildman–Crippen MR) is 64.5 cm³/mol. The Hall–Kier alpha value is -1.71. The Labute approximate surface area is 101 Å². The van der Waals surface area contributed by atoms with E-state index in [1.165, 1.54) is 0 Å². The van der Waals surface area contributed by atoms with Crippen LogP contribution in [0.25, 0.3) is 0 Å². The van der Waals surface area contributed by atoms with Gasteiger partial charge in [-0.3, -0.25) is 4.79 Å². The van der Waals surface area contributed by atoms with E-state index >= 15 is 0 Å². The maximum Gasteiger partial charge on any atom is 0.293 e. The van der Waals surface area contributed by atoms with Gasteiger partial charge in [-0.25, -0.2) is 0 Å². The Kier molecular flexibility index (Phi) is 4.37. The lowest BCUT2D eigenvalue weighted by atomic mass is 9.97. The number of benzene rings is 1. The molecule has 0 aliphatic rings. The number of ether oxygens (including phenoxy) is 3. The number of carbonyl (C=O) groups excluding carboxylic acids is 1. The van der Waals surface area contributed by atoms with E-state index in [2.05, 4.69) is 0 Å². The van der Waals surface area contributed by atoms with Gasteiger partial charge in [0.2, 0.25) is 0 Å². The highest BCUT2D eigenvalue weighted by molar-refractivity contribution is 5.47. The van der Waals surface area contributed by atoms with E-state index in [1.807, 2.05) is 32.0 Å². The molecule has 0 bridgehead atoms. The minimum absolute atomic E-state index is 0.465. The summed E-state index contributed by atoms with van der Waals surface area (Å²) in [4.78, 5) is 10.4. The summed E-state index contributed by atoms with van der Waals surface area (Å²) in [5.41, 5.74) is 0.375. The molecule has 94 valence electrons. The lowest BCUT2D eigenvalue weighted by Gasteiger charge is -2.24. The van der Waals surface area contributed by atoms with Gasteiger partial charge >= 0.3 is 0 Å². The summed E-state index contributed by atoms with van der Waals surface area (Å²) < 4.78 is 15.6. The Morgan fingerprint density at radius 1 is 1.24 bits per heavy atom. The highest BCUT2D eigenvalue weighted by Gasteiger charge is 2.22. The number of rotatable bonds is 6. The first kappa shape index (κ1) is 13.4. The summed E-state index contributed by atoms with van der Waals surface area (Å²) in [6.07, 6.45) is 0.562. The number of methoxy groups -OCH3 is 2. The molecule has 0 saturated heterocycles. The molecule has 0 aromatic heterocycles. The number of hydrogen-bond donors (Lipinski definition) is 0. The molecule has 1 rings (SSSR count). The quantitative estimate of drug-likeness (QED) is 0.713. The Morgan fingerprint density at radius 2 is 1.94 bits per heavy atom. The standard InChI is InChI=1S/C13H18O4/c1-13(2,17-9-14)8-10-6-5-7-11(15-3)12(10)16-4/h5-7,9H,8H2,1-4H3. The van der Waals surface area contributed by atoms with Gasteiger partial charge in [0.25, 0.3) is 6.47 Å². The monoisotopic (exact) mass is 238 g/mol. The van der Waals surface area contributed by atoms with Crippen LogP contribution in [0.15, 0.2) is 18.2 Å². The average molecular weight is 238 g/mol. The average Bonchev–Trinajstić information content (AvgIpc) is 2.27. The first-order valence-electron chi connectivity index (χ1n) is 5.35. The van der Waals surface area contributed by atoms with Crippen LogP contribution in [-0.2, 0) is 16.0 Å². The van der Waals surface area contributed by atoms with Gasteiger partial charge < -0.3 is 14.2 Å². The molecule has 0 fully saturated rings. The SMILES string of the molecule is COc1cccc(CC(C)(C)OC=O)c1OC. The number of para-hydroxylation sites is 1. The van der Waals surface area contributed by atoms with Crippen molar-refractivity contribution in [1.82, 2.24) is 0 Å². The minimum Gasteiger partial charge on any atom is -0.493 e. The first-order valence-corrected chi connectivity index (χ1v) is 5.35. The topological polar surface area (TPSA) is 44.8 Å². The van der Waals surface area contributed by atoms with Crippen LogP contribution in [0.1, 0.15) is 19.4 Å². The molecule has 0 N–H and O–H groups in total. The van der Waals surface area contributed by atoms with Crippen molar-refractivity contribution in [3.05, 3.63) is 23.8 Å². The van der Waals surface area contributed by atoms with Gasteiger partial charge in [-0.2, -0.15) is 0 Å². The molecule has 4 heteroatoms. The van der Waals surface area contributed by atoms with Crippen LogP contribution in [0.2, 0.25) is 0 Å². The van der Waals surface area contributed by atoms with E-state index in [4.69, 9.17) is 14.2 Å². The maximum atomic E-state index is 10.4. The number of hydrogen-bond acceptors (Lipinski definition) is 4. The molecular formula is C13H18O4. The fourth-order valence-corrected chi connectivity index (χ4v) is 1.72. The highest BCUT2D eigenvalue weighted by Crippen LogP contribution is 2.33. The molecule has 0 heterocycles. The molecule has 0 aliphatic carbocycles. The van der Waals surface area contributed by atoms with E-state index in [0.29, 0.717) is 24.4 Å². The van der Waals surface area contributed by atoms with Crippen LogP contribution in [-0.4, -0.2) is 26.3 Å². The summed E-state index contributed by atoms with van der Waals surface area (Å²) >= 11 is 0. The van der Waals surface area contributed by atoms with Gasteiger partial charge in [0, 0.05) is 12.0 Å². The zero-order chi connectivity index (χ0) is 12.9. The van der Waals surface area contributed by atoms with Crippen molar-refractivity contribution < 1.29 is 19.0 Å². The third-order valence-electron chi connectivity index (χ3n) is 2.47. The summed E-state index contributed by atoms with van der Waals surface area (Å²) in [6.45, 7) is 4.16. The van der Waals surface area contributed by atoms with Crippen molar-refractivity contribution in [3.8, 4) is 11.5 Å². The van der Waals surface area contributed by atoms with Gasteiger partial charge in [0.1, 0.15) is 5.60 Å². The van der Waals surface area contributed by atoms with Crippen LogP contribution in [0, 0.1) is 0 Å². The molecule has 4 nitrogen and oxygen atoms in total. The van der Waals surface area contributed by atoms with Gasteiger partial charge in [-0.05, 0) is 19.9 Å². The molecule has 0 saturated carbocycles. The molecule has 0 aliphatic heterocycles. The largest absolute Gasteiger partial charge is 0.493 e. The summed E-state index contributed by atoms with van der Waals surface area (Å²) in [6, 6.07) is 5.64. The van der Waals surface area contributed by atoms with E-state index in [0.717, 1.165) is 5.56 Å². The normalized spacial score (nSPS) is 10.8. The smallest absolute Gasteiger partial charge is 0.293 e. The second kappa shape index (κ2) is 5.57. The van der Waals surface area contributed by atoms with Crippen molar-refractivity contribution in [1.29, 1.82) is 0 Å². The van der Waals surface area contributed by atoms with Crippen LogP contribution in [0.4, 0.5) is 0 Å². The predicted octanol–water partition coefficient (Wildman–Crippen LogP) is 2.20. The van der Waals surface area contributed by atoms with Crippen molar-refractivity contribution in [3.63, 3.8) is 0 Å². The van der Waals surface area contributed by atoms with Crippen molar-refractivity contribution >= 4 is 6.47 Å². The second-order valence-corrected chi connectivity index (χ2v) is 4.30. The first-order chi connectivity index (χ1) is 8.04. The molecule has 0 unspecified atom stereocenters. The molecule has 1 aromatic rings. The zero-order valence-electron chi connectivity index (χ0n) is 10.6. The van der Waals surface area contributed by atoms with Crippen LogP contribution in [0.5, 0.6) is 11.5 Å². The zero-order valence-corrected chi connectivity index (χ0v) is 10.6. The molecule has 0 amide bonds. The molecule has 0 atom stereocenters. The second-order valence-electron chi connectivity index (χ2n) is 4.30. The van der Waals surface area contributed by atoms with Gasteiger partial charge in [-0.15, -0.1) is 0 Å². The molecule has 1 aromatic carbocycles. The summed E-state index contributed by atoms with van der Waals surface area (Å²) in [5.74, 6) is 1.35. The van der Waals surface area contributed by atoms with Crippen LogP contribution in [0.3, 0.4) is 0 Å². The van der Waals surface area contributed by atoms with Crippen molar-refractivity contribution in [2.45, 2.75) is 25.9 Å². The minimum atomic E-state index is -0.568. The Morgan fingerprint density at radius 3 is 2.47 bits per heavy atom. The van der Waals surface area contributed by atoms with Gasteiger partial charge in [0.15, 0.2) is 11.5 Å². The fraction of sp³-hybridized carbons (Fsp3) is 0.462.